The minimum Gasteiger partial charge on any atom is -0.438 e. The molecular formula is C11H5ClFN5O3. The molecule has 0 unspecified atom stereocenters. The second-order valence-corrected chi connectivity index (χ2v) is 4.24. The summed E-state index contributed by atoms with van der Waals surface area (Å²) in [6, 6.07) is 3.14. The number of nitrogens with zero attached hydrogens (tertiary/aromatic N) is 4. The number of nitrogens with one attached hydrogen (secondary N) is 1. The molecule has 0 saturated heterocycles. The Morgan fingerprint density at radius 2 is 2.19 bits per heavy atom. The number of hydrogen-bond donors (Lipinski definition) is 1. The first-order valence-corrected chi connectivity index (χ1v) is 5.91. The zero-order chi connectivity index (χ0) is 15.0. The van der Waals surface area contributed by atoms with E-state index < -0.39 is 16.4 Å². The Hall–Kier alpha value is -2.81. The Kier molecular flexibility index (Phi) is 3.10. The molecule has 10 heteroatoms. The first-order valence-electron chi connectivity index (χ1n) is 5.53. The van der Waals surface area contributed by atoms with Crippen molar-refractivity contribution in [1.29, 1.82) is 0 Å². The van der Waals surface area contributed by atoms with Crippen molar-refractivity contribution in [3.8, 4) is 11.6 Å². The predicted molar refractivity (Wildman–Crippen MR) is 69.8 cm³/mol. The smallest absolute Gasteiger partial charge is 0.305 e. The number of H-pyrrole nitrogens is 1. The molecule has 0 spiro atoms. The maximum atomic E-state index is 13.5. The van der Waals surface area contributed by atoms with E-state index in [1.807, 2.05) is 0 Å². The van der Waals surface area contributed by atoms with Crippen molar-refractivity contribution in [3.63, 3.8) is 0 Å². The topological polar surface area (TPSA) is 107 Å². The van der Waals surface area contributed by atoms with Crippen molar-refractivity contribution in [2.24, 2.45) is 0 Å². The van der Waals surface area contributed by atoms with Crippen molar-refractivity contribution in [3.05, 3.63) is 45.6 Å². The molecule has 0 aliphatic carbocycles. The number of fused-ring (bicyclic) bond motifs is 1. The van der Waals surface area contributed by atoms with Gasteiger partial charge in [0, 0.05) is 12.1 Å². The van der Waals surface area contributed by atoms with Crippen LogP contribution in [0.1, 0.15) is 0 Å². The van der Waals surface area contributed by atoms with Gasteiger partial charge in [0.05, 0.1) is 11.1 Å². The van der Waals surface area contributed by atoms with Gasteiger partial charge in [0.1, 0.15) is 11.1 Å². The van der Waals surface area contributed by atoms with Crippen LogP contribution in [0.5, 0.6) is 11.6 Å². The quantitative estimate of drug-likeness (QED) is 0.453. The van der Waals surface area contributed by atoms with Gasteiger partial charge in [-0.2, -0.15) is 19.5 Å². The molecule has 0 amide bonds. The van der Waals surface area contributed by atoms with Gasteiger partial charge in [0.25, 0.3) is 0 Å². The van der Waals surface area contributed by atoms with Gasteiger partial charge in [-0.1, -0.05) is 0 Å². The summed E-state index contributed by atoms with van der Waals surface area (Å²) in [6.07, 6.45) is 1.42. The highest BCUT2D eigenvalue weighted by Gasteiger charge is 2.16. The third-order valence-electron chi connectivity index (χ3n) is 2.58. The van der Waals surface area contributed by atoms with E-state index in [9.17, 15) is 14.5 Å². The lowest BCUT2D eigenvalue weighted by atomic mass is 10.3. The highest BCUT2D eigenvalue weighted by molar-refractivity contribution is 6.28. The summed E-state index contributed by atoms with van der Waals surface area (Å²) in [7, 11) is 0. The summed E-state index contributed by atoms with van der Waals surface area (Å²) in [4.78, 5) is 17.5. The van der Waals surface area contributed by atoms with Crippen LogP contribution in [0.25, 0.3) is 11.0 Å². The van der Waals surface area contributed by atoms with E-state index in [1.165, 1.54) is 12.3 Å². The normalized spacial score (nSPS) is 10.8. The van der Waals surface area contributed by atoms with Gasteiger partial charge in [0.15, 0.2) is 5.65 Å². The Morgan fingerprint density at radius 3 is 2.90 bits per heavy atom. The van der Waals surface area contributed by atoms with Crippen molar-refractivity contribution in [2.75, 3.05) is 0 Å². The summed E-state index contributed by atoms with van der Waals surface area (Å²) in [5, 5.41) is 17.3. The number of rotatable bonds is 3. The average molecular weight is 310 g/mol. The minimum absolute atomic E-state index is 0.0374. The summed E-state index contributed by atoms with van der Waals surface area (Å²) in [5.41, 5.74) is -0.288. The maximum absolute atomic E-state index is 13.5. The van der Waals surface area contributed by atoms with Crippen LogP contribution >= 0.6 is 11.6 Å². The average Bonchev–Trinajstić information content (AvgIpc) is 2.86. The lowest BCUT2D eigenvalue weighted by Crippen LogP contribution is -1.95. The molecule has 0 radical (unpaired) electrons. The van der Waals surface area contributed by atoms with Crippen LogP contribution in [0.2, 0.25) is 5.28 Å². The second kappa shape index (κ2) is 4.94. The fourth-order valence-corrected chi connectivity index (χ4v) is 1.83. The third kappa shape index (κ3) is 2.46. The number of nitro groups is 1. The Bertz CT molecular complexity index is 853. The van der Waals surface area contributed by atoms with E-state index in [0.29, 0.717) is 11.0 Å². The molecule has 1 aromatic carbocycles. The van der Waals surface area contributed by atoms with E-state index in [2.05, 4.69) is 20.2 Å². The van der Waals surface area contributed by atoms with Crippen molar-refractivity contribution >= 4 is 28.3 Å². The first kappa shape index (κ1) is 13.2. The second-order valence-electron chi connectivity index (χ2n) is 3.90. The SMILES string of the molecule is O=[N+]([O-])c1ccc(Oc2nc(Cl)nc3[nH]ncc23)cc1F. The Balaban J connectivity index is 2.00. The fraction of sp³-hybridized carbons (Fsp3) is 0. The molecule has 2 heterocycles. The minimum atomic E-state index is -1.01. The lowest BCUT2D eigenvalue weighted by molar-refractivity contribution is -0.387. The number of aromatic nitrogens is 4. The Morgan fingerprint density at radius 1 is 1.38 bits per heavy atom. The van der Waals surface area contributed by atoms with Gasteiger partial charge >= 0.3 is 5.69 Å². The number of benzene rings is 1. The predicted octanol–water partition coefficient (Wildman–Crippen LogP) is 2.85. The molecule has 0 bridgehead atoms. The lowest BCUT2D eigenvalue weighted by Gasteiger charge is -2.05. The van der Waals surface area contributed by atoms with Crippen LogP contribution in [-0.4, -0.2) is 25.1 Å². The van der Waals surface area contributed by atoms with E-state index >= 15 is 0 Å². The van der Waals surface area contributed by atoms with E-state index in [-0.39, 0.29) is 16.9 Å². The molecule has 1 N–H and O–H groups in total. The monoisotopic (exact) mass is 309 g/mol. The summed E-state index contributed by atoms with van der Waals surface area (Å²) >= 11 is 5.73. The van der Waals surface area contributed by atoms with Gasteiger partial charge in [-0.25, -0.2) is 0 Å². The maximum Gasteiger partial charge on any atom is 0.305 e. The molecule has 0 fully saturated rings. The van der Waals surface area contributed by atoms with Crippen LogP contribution in [-0.2, 0) is 0 Å². The van der Waals surface area contributed by atoms with Crippen molar-refractivity contribution < 1.29 is 14.1 Å². The third-order valence-corrected chi connectivity index (χ3v) is 2.75. The van der Waals surface area contributed by atoms with Gasteiger partial charge < -0.3 is 4.74 Å². The molecule has 0 atom stereocenters. The van der Waals surface area contributed by atoms with Gasteiger partial charge in [-0.05, 0) is 17.7 Å². The van der Waals surface area contributed by atoms with Crippen LogP contribution in [0, 0.1) is 15.9 Å². The van der Waals surface area contributed by atoms with E-state index in [1.54, 1.807) is 0 Å². The van der Waals surface area contributed by atoms with E-state index in [0.717, 1.165) is 12.1 Å². The molecular weight excluding hydrogens is 305 g/mol. The molecule has 3 rings (SSSR count). The fourth-order valence-electron chi connectivity index (χ4n) is 1.67. The molecule has 3 aromatic rings. The van der Waals surface area contributed by atoms with Crippen LogP contribution in [0.3, 0.4) is 0 Å². The molecule has 0 saturated carbocycles. The number of ether oxygens (including phenoxy) is 1. The Labute approximate surface area is 120 Å². The van der Waals surface area contributed by atoms with Crippen molar-refractivity contribution in [2.45, 2.75) is 0 Å². The molecule has 8 nitrogen and oxygen atoms in total. The number of halogens is 2. The number of nitro benzene ring substituents is 1. The molecule has 2 aromatic heterocycles. The molecule has 0 aliphatic rings. The van der Waals surface area contributed by atoms with Gasteiger partial charge in [-0.15, -0.1) is 0 Å². The highest BCUT2D eigenvalue weighted by Crippen LogP contribution is 2.29. The number of aromatic amines is 1. The summed E-state index contributed by atoms with van der Waals surface area (Å²) in [6.45, 7) is 0. The largest absolute Gasteiger partial charge is 0.438 e. The standard InChI is InChI=1S/C11H5ClFN5O3/c12-11-15-9-6(4-14-17-9)10(16-11)21-5-1-2-8(18(19)20)7(13)3-5/h1-4H,(H,14,15,16,17). The van der Waals surface area contributed by atoms with Gasteiger partial charge in [0.2, 0.25) is 17.0 Å². The molecule has 21 heavy (non-hydrogen) atoms. The summed E-state index contributed by atoms with van der Waals surface area (Å²) in [5.74, 6) is -0.913. The van der Waals surface area contributed by atoms with Crippen LogP contribution in [0.4, 0.5) is 10.1 Å². The first-order chi connectivity index (χ1) is 10.0. The van der Waals surface area contributed by atoms with Crippen LogP contribution < -0.4 is 4.74 Å². The number of hydrogen-bond acceptors (Lipinski definition) is 6. The summed E-state index contributed by atoms with van der Waals surface area (Å²) < 4.78 is 18.9. The molecule has 106 valence electrons. The molecule has 0 aliphatic heterocycles. The van der Waals surface area contributed by atoms with Crippen LogP contribution in [0.15, 0.2) is 24.4 Å². The van der Waals surface area contributed by atoms with Gasteiger partial charge in [-0.3, -0.25) is 15.2 Å². The zero-order valence-electron chi connectivity index (χ0n) is 10.1. The zero-order valence-corrected chi connectivity index (χ0v) is 10.8. The van der Waals surface area contributed by atoms with E-state index in [4.69, 9.17) is 16.3 Å². The highest BCUT2D eigenvalue weighted by atomic mass is 35.5. The van der Waals surface area contributed by atoms with Crippen molar-refractivity contribution in [1.82, 2.24) is 20.2 Å².